The number of nitrogens with zero attached hydrogens (tertiary/aromatic N) is 3. The van der Waals surface area contributed by atoms with Gasteiger partial charge in [-0.2, -0.15) is 0 Å². The van der Waals surface area contributed by atoms with Gasteiger partial charge in [0.1, 0.15) is 16.8 Å². The topological polar surface area (TPSA) is 29.0 Å². The Bertz CT molecular complexity index is 371. The second kappa shape index (κ2) is 4.58. The van der Waals surface area contributed by atoms with Crippen LogP contribution in [0.15, 0.2) is 6.07 Å². The molecule has 0 aliphatic carbocycles. The largest absolute Gasteiger partial charge is 0.356 e. The van der Waals surface area contributed by atoms with Gasteiger partial charge in [0.15, 0.2) is 0 Å². The lowest BCUT2D eigenvalue weighted by Crippen LogP contribution is -2.21. The summed E-state index contributed by atoms with van der Waals surface area (Å²) < 4.78 is 0. The van der Waals surface area contributed by atoms with Crippen molar-refractivity contribution in [3.63, 3.8) is 0 Å². The lowest BCUT2D eigenvalue weighted by Gasteiger charge is -2.17. The van der Waals surface area contributed by atoms with Crippen molar-refractivity contribution >= 4 is 17.4 Å². The molecule has 0 radical (unpaired) electrons. The Balaban J connectivity index is 2.24. The van der Waals surface area contributed by atoms with Crippen molar-refractivity contribution in [3.8, 4) is 0 Å². The van der Waals surface area contributed by atoms with Crippen LogP contribution in [0.4, 0.5) is 5.82 Å². The molecule has 2 unspecified atom stereocenters. The second-order valence-corrected chi connectivity index (χ2v) is 5.07. The zero-order chi connectivity index (χ0) is 11.7. The Kier molecular flexibility index (Phi) is 3.33. The minimum absolute atomic E-state index is 0.550. The standard InChI is InChI=1S/C12H18ClN3/c1-4-11-14-10(13)5-12(15-11)16-6-8(2)9(3)7-16/h5,8-9H,4,6-7H2,1-3H3. The maximum absolute atomic E-state index is 6.00. The first kappa shape index (κ1) is 11.6. The molecule has 2 atom stereocenters. The van der Waals surface area contributed by atoms with Crippen LogP contribution in [0.1, 0.15) is 26.6 Å². The summed E-state index contributed by atoms with van der Waals surface area (Å²) in [4.78, 5) is 11.0. The van der Waals surface area contributed by atoms with Gasteiger partial charge in [0, 0.05) is 25.6 Å². The Labute approximate surface area is 102 Å². The van der Waals surface area contributed by atoms with Crippen LogP contribution in [0.2, 0.25) is 5.15 Å². The molecule has 0 amide bonds. The third-order valence-electron chi connectivity index (χ3n) is 3.36. The van der Waals surface area contributed by atoms with Gasteiger partial charge in [0.05, 0.1) is 0 Å². The second-order valence-electron chi connectivity index (χ2n) is 4.68. The summed E-state index contributed by atoms with van der Waals surface area (Å²) >= 11 is 6.00. The third kappa shape index (κ3) is 2.29. The minimum atomic E-state index is 0.550. The summed E-state index contributed by atoms with van der Waals surface area (Å²) in [7, 11) is 0. The monoisotopic (exact) mass is 239 g/mol. The van der Waals surface area contributed by atoms with Crippen molar-refractivity contribution in [1.82, 2.24) is 9.97 Å². The van der Waals surface area contributed by atoms with Gasteiger partial charge >= 0.3 is 0 Å². The van der Waals surface area contributed by atoms with Gasteiger partial charge in [0.2, 0.25) is 0 Å². The van der Waals surface area contributed by atoms with Crippen molar-refractivity contribution in [2.45, 2.75) is 27.2 Å². The first-order valence-corrected chi connectivity index (χ1v) is 6.26. The van der Waals surface area contributed by atoms with E-state index in [-0.39, 0.29) is 0 Å². The van der Waals surface area contributed by atoms with Gasteiger partial charge in [-0.3, -0.25) is 0 Å². The van der Waals surface area contributed by atoms with E-state index in [2.05, 4.69) is 28.7 Å². The molecule has 1 aliphatic heterocycles. The van der Waals surface area contributed by atoms with Crippen molar-refractivity contribution < 1.29 is 0 Å². The summed E-state index contributed by atoms with van der Waals surface area (Å²) in [5, 5.41) is 0.550. The number of aryl methyl sites for hydroxylation is 1. The fraction of sp³-hybridized carbons (Fsp3) is 0.667. The quantitative estimate of drug-likeness (QED) is 0.744. The van der Waals surface area contributed by atoms with Crippen LogP contribution in [-0.2, 0) is 6.42 Å². The molecule has 0 N–H and O–H groups in total. The molecule has 2 rings (SSSR count). The van der Waals surface area contributed by atoms with Crippen LogP contribution in [0.3, 0.4) is 0 Å². The predicted molar refractivity (Wildman–Crippen MR) is 67.0 cm³/mol. The molecule has 1 saturated heterocycles. The zero-order valence-electron chi connectivity index (χ0n) is 10.1. The predicted octanol–water partition coefficient (Wildman–Crippen LogP) is 2.78. The summed E-state index contributed by atoms with van der Waals surface area (Å²) in [5.41, 5.74) is 0. The van der Waals surface area contributed by atoms with Crippen molar-refractivity contribution in [3.05, 3.63) is 17.0 Å². The number of halogens is 1. The molecule has 0 aromatic carbocycles. The first-order chi connectivity index (χ1) is 7.60. The summed E-state index contributed by atoms with van der Waals surface area (Å²) in [6.45, 7) is 8.75. The molecule has 1 aromatic heterocycles. The molecule has 4 heteroatoms. The van der Waals surface area contributed by atoms with Crippen LogP contribution in [0.25, 0.3) is 0 Å². The Morgan fingerprint density at radius 3 is 2.50 bits per heavy atom. The lowest BCUT2D eigenvalue weighted by atomic mass is 10.0. The SMILES string of the molecule is CCc1nc(Cl)cc(N2CC(C)C(C)C2)n1. The number of anilines is 1. The molecule has 16 heavy (non-hydrogen) atoms. The highest BCUT2D eigenvalue weighted by atomic mass is 35.5. The average Bonchev–Trinajstić information content (AvgIpc) is 2.58. The third-order valence-corrected chi connectivity index (χ3v) is 3.55. The minimum Gasteiger partial charge on any atom is -0.356 e. The van der Waals surface area contributed by atoms with Crippen LogP contribution in [0, 0.1) is 11.8 Å². The molecule has 1 aliphatic rings. The van der Waals surface area contributed by atoms with E-state index in [1.807, 2.05) is 13.0 Å². The zero-order valence-corrected chi connectivity index (χ0v) is 10.8. The highest BCUT2D eigenvalue weighted by Gasteiger charge is 2.27. The van der Waals surface area contributed by atoms with E-state index in [1.54, 1.807) is 0 Å². The number of aromatic nitrogens is 2. The van der Waals surface area contributed by atoms with Gasteiger partial charge in [0.25, 0.3) is 0 Å². The molecule has 2 heterocycles. The summed E-state index contributed by atoms with van der Waals surface area (Å²) in [6, 6.07) is 1.87. The molecular weight excluding hydrogens is 222 g/mol. The van der Waals surface area contributed by atoms with Crippen LogP contribution >= 0.6 is 11.6 Å². The van der Waals surface area contributed by atoms with E-state index in [0.29, 0.717) is 5.15 Å². The van der Waals surface area contributed by atoms with Crippen molar-refractivity contribution in [2.75, 3.05) is 18.0 Å². The summed E-state index contributed by atoms with van der Waals surface area (Å²) in [5.74, 6) is 3.25. The highest BCUT2D eigenvalue weighted by molar-refractivity contribution is 6.29. The highest BCUT2D eigenvalue weighted by Crippen LogP contribution is 2.27. The normalized spacial score (nSPS) is 25.1. The Morgan fingerprint density at radius 1 is 1.31 bits per heavy atom. The first-order valence-electron chi connectivity index (χ1n) is 5.88. The van der Waals surface area contributed by atoms with Crippen molar-refractivity contribution in [1.29, 1.82) is 0 Å². The van der Waals surface area contributed by atoms with Crippen LogP contribution < -0.4 is 4.90 Å². The molecule has 0 spiro atoms. The Morgan fingerprint density at radius 2 is 1.94 bits per heavy atom. The fourth-order valence-corrected chi connectivity index (χ4v) is 2.28. The van der Waals surface area contributed by atoms with E-state index in [1.165, 1.54) is 0 Å². The molecule has 0 bridgehead atoms. The lowest BCUT2D eigenvalue weighted by molar-refractivity contribution is 0.494. The number of hydrogen-bond donors (Lipinski definition) is 0. The smallest absolute Gasteiger partial charge is 0.134 e. The van der Waals surface area contributed by atoms with Gasteiger partial charge in [-0.25, -0.2) is 9.97 Å². The summed E-state index contributed by atoms with van der Waals surface area (Å²) in [6.07, 6.45) is 0.826. The number of hydrogen-bond acceptors (Lipinski definition) is 3. The molecular formula is C12H18ClN3. The molecule has 88 valence electrons. The molecule has 0 saturated carbocycles. The average molecular weight is 240 g/mol. The van der Waals surface area contributed by atoms with E-state index >= 15 is 0 Å². The van der Waals surface area contributed by atoms with Gasteiger partial charge in [-0.05, 0) is 11.8 Å². The van der Waals surface area contributed by atoms with Crippen molar-refractivity contribution in [2.24, 2.45) is 11.8 Å². The van der Waals surface area contributed by atoms with E-state index in [9.17, 15) is 0 Å². The molecule has 1 aromatic rings. The van der Waals surface area contributed by atoms with E-state index in [0.717, 1.165) is 43.0 Å². The molecule has 1 fully saturated rings. The van der Waals surface area contributed by atoms with Crippen LogP contribution in [-0.4, -0.2) is 23.1 Å². The Hall–Kier alpha value is -0.830. The van der Waals surface area contributed by atoms with Crippen LogP contribution in [0.5, 0.6) is 0 Å². The van der Waals surface area contributed by atoms with E-state index in [4.69, 9.17) is 11.6 Å². The van der Waals surface area contributed by atoms with E-state index < -0.39 is 0 Å². The number of rotatable bonds is 2. The van der Waals surface area contributed by atoms with Gasteiger partial charge in [-0.15, -0.1) is 0 Å². The maximum Gasteiger partial charge on any atom is 0.134 e. The fourth-order valence-electron chi connectivity index (χ4n) is 2.09. The van der Waals surface area contributed by atoms with Gasteiger partial charge in [-0.1, -0.05) is 32.4 Å². The molecule has 3 nitrogen and oxygen atoms in total. The maximum atomic E-state index is 6.00. The van der Waals surface area contributed by atoms with Gasteiger partial charge < -0.3 is 4.90 Å².